The van der Waals surface area contributed by atoms with E-state index in [-0.39, 0.29) is 23.6 Å². The maximum atomic E-state index is 15.0. The van der Waals surface area contributed by atoms with Gasteiger partial charge in [0.25, 0.3) is 5.91 Å². The van der Waals surface area contributed by atoms with E-state index in [1.165, 1.54) is 35.0 Å². The Morgan fingerprint density at radius 3 is 2.38 bits per heavy atom. The summed E-state index contributed by atoms with van der Waals surface area (Å²) >= 11 is 6.10. The Bertz CT molecular complexity index is 1630. The van der Waals surface area contributed by atoms with Gasteiger partial charge in [0.05, 0.1) is 17.3 Å². The molecule has 0 saturated carbocycles. The van der Waals surface area contributed by atoms with Gasteiger partial charge in [-0.1, -0.05) is 53.2 Å². The summed E-state index contributed by atoms with van der Waals surface area (Å²) in [5, 5.41) is 21.7. The number of halogens is 5. The van der Waals surface area contributed by atoms with E-state index in [1.54, 1.807) is 37.3 Å². The van der Waals surface area contributed by atoms with E-state index in [2.05, 4.69) is 31.0 Å². The van der Waals surface area contributed by atoms with E-state index in [0.717, 1.165) is 12.1 Å². The third kappa shape index (κ3) is 5.57. The standard InChI is InChI=1S/C27H20ClF4N7O/c1-15(16-6-10-18(11-7-16)27(30,31)32)33-26(40)24-20(14-23-34-37-38-35-23)25(17-8-12-19(28)13-9-17)39(36-24)22-5-3-2-4-21(22)29/h2-13,15H,14H2,1H3,(H,33,40)(H,34,35,37,38)/t15-/m1/s1. The molecule has 0 bridgehead atoms. The number of benzene rings is 3. The second kappa shape index (κ2) is 10.9. The number of rotatable bonds is 7. The molecule has 0 fully saturated rings. The SMILES string of the molecule is C[C@@H](NC(=O)c1nn(-c2ccccc2F)c(-c2ccc(Cl)cc2)c1Cc1nn[nH]n1)c1ccc(C(F)(F)F)cc1. The summed E-state index contributed by atoms with van der Waals surface area (Å²) in [5.74, 6) is -0.944. The highest BCUT2D eigenvalue weighted by molar-refractivity contribution is 6.30. The van der Waals surface area contributed by atoms with Gasteiger partial charge >= 0.3 is 6.18 Å². The van der Waals surface area contributed by atoms with E-state index < -0.39 is 29.5 Å². The predicted molar refractivity (Wildman–Crippen MR) is 138 cm³/mol. The smallest absolute Gasteiger partial charge is 0.344 e. The molecule has 0 aliphatic heterocycles. The van der Waals surface area contributed by atoms with Crippen molar-refractivity contribution in [2.45, 2.75) is 25.6 Å². The topological polar surface area (TPSA) is 101 Å². The summed E-state index contributed by atoms with van der Waals surface area (Å²) in [7, 11) is 0. The normalized spacial score (nSPS) is 12.3. The number of hydrogen-bond acceptors (Lipinski definition) is 5. The fraction of sp³-hybridized carbons (Fsp3) is 0.148. The quantitative estimate of drug-likeness (QED) is 0.236. The molecule has 2 heterocycles. The van der Waals surface area contributed by atoms with Crippen LogP contribution in [0.15, 0.2) is 72.8 Å². The molecule has 1 atom stereocenters. The minimum absolute atomic E-state index is 0.0142. The Morgan fingerprint density at radius 2 is 1.75 bits per heavy atom. The Balaban J connectivity index is 1.60. The average Bonchev–Trinajstić information content (AvgIpc) is 3.57. The van der Waals surface area contributed by atoms with Crippen molar-refractivity contribution < 1.29 is 22.4 Å². The summed E-state index contributed by atoms with van der Waals surface area (Å²) in [4.78, 5) is 13.6. The van der Waals surface area contributed by atoms with Crippen LogP contribution in [0.25, 0.3) is 16.9 Å². The fourth-order valence-corrected chi connectivity index (χ4v) is 4.35. The van der Waals surface area contributed by atoms with Crippen molar-refractivity contribution in [3.05, 3.63) is 112 Å². The molecule has 0 saturated heterocycles. The van der Waals surface area contributed by atoms with Crippen LogP contribution in [0.5, 0.6) is 0 Å². The van der Waals surface area contributed by atoms with Gasteiger partial charge in [-0.15, -0.1) is 10.2 Å². The van der Waals surface area contributed by atoms with Crippen molar-refractivity contribution in [1.82, 2.24) is 35.7 Å². The highest BCUT2D eigenvalue weighted by Gasteiger charge is 2.31. The van der Waals surface area contributed by atoms with Crippen molar-refractivity contribution >= 4 is 17.5 Å². The zero-order chi connectivity index (χ0) is 28.4. The van der Waals surface area contributed by atoms with E-state index in [1.807, 2.05) is 0 Å². The second-order valence-corrected chi connectivity index (χ2v) is 9.30. The molecule has 40 heavy (non-hydrogen) atoms. The number of alkyl halides is 3. The number of carbonyl (C=O) groups excluding carboxylic acids is 1. The highest BCUT2D eigenvalue weighted by Crippen LogP contribution is 2.33. The monoisotopic (exact) mass is 569 g/mol. The number of hydrogen-bond donors (Lipinski definition) is 2. The summed E-state index contributed by atoms with van der Waals surface area (Å²) in [6.07, 6.45) is -4.47. The lowest BCUT2D eigenvalue weighted by atomic mass is 10.0. The fourth-order valence-electron chi connectivity index (χ4n) is 4.23. The molecule has 0 radical (unpaired) electrons. The number of tetrazole rings is 1. The molecule has 13 heteroatoms. The van der Waals surface area contributed by atoms with Crippen LogP contribution < -0.4 is 5.32 Å². The number of nitrogens with one attached hydrogen (secondary N) is 2. The zero-order valence-electron chi connectivity index (χ0n) is 20.7. The van der Waals surface area contributed by atoms with Gasteiger partial charge in [-0.25, -0.2) is 9.07 Å². The van der Waals surface area contributed by atoms with Gasteiger partial charge in [-0.3, -0.25) is 4.79 Å². The highest BCUT2D eigenvalue weighted by atomic mass is 35.5. The van der Waals surface area contributed by atoms with E-state index in [4.69, 9.17) is 11.6 Å². The van der Waals surface area contributed by atoms with Gasteiger partial charge in [0, 0.05) is 22.6 Å². The maximum absolute atomic E-state index is 15.0. The van der Waals surface area contributed by atoms with Gasteiger partial charge in [-0.05, 0) is 48.9 Å². The lowest BCUT2D eigenvalue weighted by Gasteiger charge is -2.15. The summed E-state index contributed by atoms with van der Waals surface area (Å²) < 4.78 is 55.3. The molecule has 5 aromatic rings. The maximum Gasteiger partial charge on any atom is 0.416 e. The van der Waals surface area contributed by atoms with Crippen LogP contribution in [-0.4, -0.2) is 36.3 Å². The first-order chi connectivity index (χ1) is 19.1. The third-order valence-electron chi connectivity index (χ3n) is 6.21. The molecule has 0 unspecified atom stereocenters. The second-order valence-electron chi connectivity index (χ2n) is 8.87. The number of carbonyl (C=O) groups is 1. The van der Waals surface area contributed by atoms with E-state index in [9.17, 15) is 18.0 Å². The molecule has 1 amide bonds. The Kier molecular flexibility index (Phi) is 7.35. The number of amides is 1. The van der Waals surface area contributed by atoms with Crippen molar-refractivity contribution in [2.24, 2.45) is 0 Å². The largest absolute Gasteiger partial charge is 0.416 e. The Morgan fingerprint density at radius 1 is 1.05 bits per heavy atom. The van der Waals surface area contributed by atoms with Crippen LogP contribution in [0.3, 0.4) is 0 Å². The first kappa shape index (κ1) is 27.0. The van der Waals surface area contributed by atoms with Gasteiger partial charge in [0.2, 0.25) is 0 Å². The average molecular weight is 570 g/mol. The van der Waals surface area contributed by atoms with Crippen molar-refractivity contribution in [1.29, 1.82) is 0 Å². The molecule has 204 valence electrons. The summed E-state index contributed by atoms with van der Waals surface area (Å²) in [6, 6.07) is 16.5. The number of para-hydroxylation sites is 1. The molecular weight excluding hydrogens is 550 g/mol. The lowest BCUT2D eigenvalue weighted by molar-refractivity contribution is -0.137. The van der Waals surface area contributed by atoms with Gasteiger partial charge in [-0.2, -0.15) is 23.5 Å². The number of nitrogens with zero attached hydrogens (tertiary/aromatic N) is 5. The molecule has 0 aliphatic rings. The van der Waals surface area contributed by atoms with E-state index in [0.29, 0.717) is 27.4 Å². The first-order valence-corrected chi connectivity index (χ1v) is 12.3. The minimum atomic E-state index is -4.48. The van der Waals surface area contributed by atoms with Crippen molar-refractivity contribution in [3.63, 3.8) is 0 Å². The number of H-pyrrole nitrogens is 1. The zero-order valence-corrected chi connectivity index (χ0v) is 21.5. The van der Waals surface area contributed by atoms with Crippen LogP contribution in [-0.2, 0) is 12.6 Å². The summed E-state index contributed by atoms with van der Waals surface area (Å²) in [5.41, 5.74) is 1.07. The molecule has 8 nitrogen and oxygen atoms in total. The predicted octanol–water partition coefficient (Wildman–Crippen LogP) is 5.95. The third-order valence-corrected chi connectivity index (χ3v) is 6.46. The van der Waals surface area contributed by atoms with Crippen LogP contribution in [0.4, 0.5) is 17.6 Å². The van der Waals surface area contributed by atoms with Crippen molar-refractivity contribution in [2.75, 3.05) is 0 Å². The molecule has 5 rings (SSSR count). The van der Waals surface area contributed by atoms with Gasteiger partial charge in [0.1, 0.15) is 11.5 Å². The molecule has 3 aromatic carbocycles. The Labute approximate surface area is 230 Å². The van der Waals surface area contributed by atoms with Gasteiger partial charge < -0.3 is 5.32 Å². The first-order valence-electron chi connectivity index (χ1n) is 11.9. The van der Waals surface area contributed by atoms with Gasteiger partial charge in [0.15, 0.2) is 11.5 Å². The van der Waals surface area contributed by atoms with Crippen LogP contribution in [0.1, 0.15) is 46.0 Å². The van der Waals surface area contributed by atoms with E-state index >= 15 is 4.39 Å². The minimum Gasteiger partial charge on any atom is -0.344 e. The van der Waals surface area contributed by atoms with Crippen molar-refractivity contribution in [3.8, 4) is 16.9 Å². The van der Waals surface area contributed by atoms with Crippen LogP contribution >= 0.6 is 11.6 Å². The number of aromatic amines is 1. The lowest BCUT2D eigenvalue weighted by Crippen LogP contribution is -2.28. The van der Waals surface area contributed by atoms with Crippen LogP contribution in [0.2, 0.25) is 5.02 Å². The molecular formula is C27H20ClF4N7O. The van der Waals surface area contributed by atoms with Crippen LogP contribution in [0, 0.1) is 5.82 Å². The number of aromatic nitrogens is 6. The molecule has 0 aliphatic carbocycles. The molecule has 0 spiro atoms. The molecule has 2 N–H and O–H groups in total. The summed E-state index contributed by atoms with van der Waals surface area (Å²) in [6.45, 7) is 1.63. The molecule has 2 aromatic heterocycles. The Hall–Kier alpha value is -4.58.